The molecule has 0 bridgehead atoms. The number of halogens is 4. The molecule has 0 aromatic heterocycles. The molecule has 0 aliphatic rings. The summed E-state index contributed by atoms with van der Waals surface area (Å²) in [6, 6.07) is 10.9. The number of rotatable bonds is 4. The lowest BCUT2D eigenvalue weighted by molar-refractivity contribution is -0.137. The van der Waals surface area contributed by atoms with Gasteiger partial charge >= 0.3 is 12.1 Å². The number of carbonyl (C=O) groups is 2. The highest BCUT2D eigenvalue weighted by atomic mass is 79.9. The Morgan fingerprint density at radius 2 is 1.79 bits per heavy atom. The average molecular weight is 402 g/mol. The van der Waals surface area contributed by atoms with Crippen LogP contribution in [0.1, 0.15) is 15.9 Å². The third kappa shape index (κ3) is 4.82. The Morgan fingerprint density at radius 1 is 1.08 bits per heavy atom. The number of amides is 1. The van der Waals surface area contributed by atoms with Gasteiger partial charge in [-0.15, -0.1) is 0 Å². The van der Waals surface area contributed by atoms with Gasteiger partial charge in [0.1, 0.15) is 0 Å². The van der Waals surface area contributed by atoms with Crippen molar-refractivity contribution in [3.8, 4) is 0 Å². The number of esters is 1. The van der Waals surface area contributed by atoms with Crippen molar-refractivity contribution in [2.45, 2.75) is 6.18 Å². The maximum absolute atomic E-state index is 12.8. The van der Waals surface area contributed by atoms with Crippen molar-refractivity contribution in [1.82, 2.24) is 0 Å². The fraction of sp³-hybridized carbons (Fsp3) is 0.125. The average Bonchev–Trinajstić information content (AvgIpc) is 2.52. The van der Waals surface area contributed by atoms with Crippen molar-refractivity contribution in [3.05, 3.63) is 64.1 Å². The Balaban J connectivity index is 1.98. The Hall–Kier alpha value is -2.35. The van der Waals surface area contributed by atoms with Gasteiger partial charge in [-0.25, -0.2) is 4.79 Å². The highest BCUT2D eigenvalue weighted by Gasteiger charge is 2.33. The molecular formula is C16H11BrF3NO3. The summed E-state index contributed by atoms with van der Waals surface area (Å²) in [5, 5.41) is 2.09. The van der Waals surface area contributed by atoms with Gasteiger partial charge in [0.25, 0.3) is 5.91 Å². The molecule has 0 unspecified atom stereocenters. The lowest BCUT2D eigenvalue weighted by Crippen LogP contribution is -2.22. The second-order valence-electron chi connectivity index (χ2n) is 4.68. The van der Waals surface area contributed by atoms with Crippen molar-refractivity contribution < 1.29 is 27.5 Å². The fourth-order valence-electron chi connectivity index (χ4n) is 1.86. The van der Waals surface area contributed by atoms with Crippen LogP contribution in [0.3, 0.4) is 0 Å². The molecule has 0 saturated carbocycles. The Bertz CT molecular complexity index is 762. The number of benzene rings is 2. The van der Waals surface area contributed by atoms with Gasteiger partial charge in [0.2, 0.25) is 0 Å². The number of hydrogen-bond donors (Lipinski definition) is 1. The van der Waals surface area contributed by atoms with Crippen LogP contribution in [-0.4, -0.2) is 18.5 Å². The van der Waals surface area contributed by atoms with E-state index < -0.39 is 35.9 Å². The number of ether oxygens (including phenoxy) is 1. The van der Waals surface area contributed by atoms with Crippen molar-refractivity contribution in [1.29, 1.82) is 0 Å². The maximum atomic E-state index is 12.8. The fourth-order valence-corrected chi connectivity index (χ4v) is 2.25. The number of nitrogens with one attached hydrogen (secondary N) is 1. The summed E-state index contributed by atoms with van der Waals surface area (Å²) in [5.74, 6) is -1.62. The van der Waals surface area contributed by atoms with Crippen LogP contribution in [0.15, 0.2) is 53.0 Å². The summed E-state index contributed by atoms with van der Waals surface area (Å²) in [7, 11) is 0. The molecule has 8 heteroatoms. The normalized spacial score (nSPS) is 11.0. The summed E-state index contributed by atoms with van der Waals surface area (Å²) in [6.45, 7) is -0.697. The maximum Gasteiger partial charge on any atom is 0.418 e. The van der Waals surface area contributed by atoms with E-state index in [-0.39, 0.29) is 5.56 Å². The standard InChI is InChI=1S/C16H11BrF3NO3/c17-11-5-3-4-10(8-11)15(23)24-9-14(22)21-13-7-2-1-6-12(13)16(18,19)20/h1-8H,9H2,(H,21,22). The molecule has 1 amide bonds. The molecule has 0 radical (unpaired) electrons. The molecule has 0 heterocycles. The van der Waals surface area contributed by atoms with Crippen LogP contribution in [0.4, 0.5) is 18.9 Å². The predicted octanol–water partition coefficient (Wildman–Crippen LogP) is 4.26. The molecule has 0 aliphatic heterocycles. The van der Waals surface area contributed by atoms with Gasteiger partial charge in [-0.3, -0.25) is 4.79 Å². The second kappa shape index (κ2) is 7.48. The SMILES string of the molecule is O=C(COC(=O)c1cccc(Br)c1)Nc1ccccc1C(F)(F)F. The number of carbonyl (C=O) groups excluding carboxylic acids is 2. The number of alkyl halides is 3. The second-order valence-corrected chi connectivity index (χ2v) is 5.59. The zero-order valence-electron chi connectivity index (χ0n) is 12.1. The highest BCUT2D eigenvalue weighted by molar-refractivity contribution is 9.10. The smallest absolute Gasteiger partial charge is 0.418 e. The van der Waals surface area contributed by atoms with Gasteiger partial charge in [0.15, 0.2) is 6.61 Å². The van der Waals surface area contributed by atoms with Crippen LogP contribution in [0, 0.1) is 0 Å². The predicted molar refractivity (Wildman–Crippen MR) is 84.5 cm³/mol. The quantitative estimate of drug-likeness (QED) is 0.778. The largest absolute Gasteiger partial charge is 0.452 e. The van der Waals surface area contributed by atoms with Crippen molar-refractivity contribution in [2.24, 2.45) is 0 Å². The van der Waals surface area contributed by atoms with Gasteiger partial charge in [0.05, 0.1) is 16.8 Å². The van der Waals surface area contributed by atoms with Gasteiger partial charge in [-0.05, 0) is 30.3 Å². The zero-order valence-corrected chi connectivity index (χ0v) is 13.6. The summed E-state index contributed by atoms with van der Waals surface area (Å²) < 4.78 is 43.9. The molecule has 0 fully saturated rings. The first-order valence-electron chi connectivity index (χ1n) is 6.66. The third-order valence-corrected chi connectivity index (χ3v) is 3.39. The number of anilines is 1. The van der Waals surface area contributed by atoms with Crippen LogP contribution in [0.2, 0.25) is 0 Å². The van der Waals surface area contributed by atoms with E-state index in [9.17, 15) is 22.8 Å². The molecular weight excluding hydrogens is 391 g/mol. The van der Waals surface area contributed by atoms with Crippen LogP contribution < -0.4 is 5.32 Å². The number of hydrogen-bond acceptors (Lipinski definition) is 3. The Labute approximate surface area is 143 Å². The van der Waals surface area contributed by atoms with Gasteiger partial charge < -0.3 is 10.1 Å². The zero-order chi connectivity index (χ0) is 17.7. The minimum atomic E-state index is -4.60. The molecule has 0 saturated heterocycles. The van der Waals surface area contributed by atoms with E-state index in [2.05, 4.69) is 21.2 Å². The first kappa shape index (κ1) is 18.0. The van der Waals surface area contributed by atoms with E-state index in [0.29, 0.717) is 4.47 Å². The lowest BCUT2D eigenvalue weighted by Gasteiger charge is -2.13. The summed E-state index contributed by atoms with van der Waals surface area (Å²) in [5.41, 5.74) is -1.15. The van der Waals surface area contributed by atoms with Crippen molar-refractivity contribution in [2.75, 3.05) is 11.9 Å². The van der Waals surface area contributed by atoms with E-state index in [1.165, 1.54) is 24.3 Å². The molecule has 1 N–H and O–H groups in total. The van der Waals surface area contributed by atoms with Gasteiger partial charge in [-0.2, -0.15) is 13.2 Å². The molecule has 0 spiro atoms. The van der Waals surface area contributed by atoms with Crippen LogP contribution >= 0.6 is 15.9 Å². The summed E-state index contributed by atoms with van der Waals surface area (Å²) in [4.78, 5) is 23.5. The Morgan fingerprint density at radius 3 is 2.46 bits per heavy atom. The lowest BCUT2D eigenvalue weighted by atomic mass is 10.1. The van der Waals surface area contributed by atoms with Crippen molar-refractivity contribution in [3.63, 3.8) is 0 Å². The first-order valence-corrected chi connectivity index (χ1v) is 7.45. The van der Waals surface area contributed by atoms with E-state index in [1.54, 1.807) is 12.1 Å². The molecule has 0 aliphatic carbocycles. The molecule has 24 heavy (non-hydrogen) atoms. The van der Waals surface area contributed by atoms with E-state index >= 15 is 0 Å². The van der Waals surface area contributed by atoms with Crippen molar-refractivity contribution >= 4 is 33.5 Å². The highest BCUT2D eigenvalue weighted by Crippen LogP contribution is 2.34. The molecule has 126 valence electrons. The topological polar surface area (TPSA) is 55.4 Å². The molecule has 2 aromatic rings. The summed E-state index contributed by atoms with van der Waals surface area (Å²) >= 11 is 3.19. The molecule has 2 aromatic carbocycles. The van der Waals surface area contributed by atoms with E-state index in [0.717, 1.165) is 12.1 Å². The molecule has 2 rings (SSSR count). The van der Waals surface area contributed by atoms with Crippen LogP contribution in [-0.2, 0) is 15.7 Å². The van der Waals surface area contributed by atoms with E-state index in [4.69, 9.17) is 4.74 Å². The van der Waals surface area contributed by atoms with Gasteiger partial charge in [-0.1, -0.05) is 34.1 Å². The third-order valence-electron chi connectivity index (χ3n) is 2.90. The van der Waals surface area contributed by atoms with Crippen LogP contribution in [0.25, 0.3) is 0 Å². The summed E-state index contributed by atoms with van der Waals surface area (Å²) in [6.07, 6.45) is -4.60. The van der Waals surface area contributed by atoms with Gasteiger partial charge in [0, 0.05) is 4.47 Å². The molecule has 4 nitrogen and oxygen atoms in total. The first-order chi connectivity index (χ1) is 11.3. The minimum absolute atomic E-state index is 0.216. The number of para-hydroxylation sites is 1. The minimum Gasteiger partial charge on any atom is -0.452 e. The monoisotopic (exact) mass is 401 g/mol. The Kier molecular flexibility index (Phi) is 5.61. The van der Waals surface area contributed by atoms with E-state index in [1.807, 2.05) is 0 Å². The molecule has 0 atom stereocenters. The van der Waals surface area contributed by atoms with Crippen LogP contribution in [0.5, 0.6) is 0 Å².